The molecule has 0 saturated heterocycles. The fourth-order valence-corrected chi connectivity index (χ4v) is 2.50. The SMILES string of the molecule is CC(=O)COc1ccc2c(c1-c1ccccc1)B(O)OC2. The first kappa shape index (κ1) is 13.9. The Balaban J connectivity index is 2.13. The fourth-order valence-electron chi connectivity index (χ4n) is 2.50. The summed E-state index contributed by atoms with van der Waals surface area (Å²) in [5.74, 6) is 0.533. The molecule has 4 nitrogen and oxygen atoms in total. The van der Waals surface area contributed by atoms with E-state index < -0.39 is 7.12 Å². The van der Waals surface area contributed by atoms with E-state index in [0.29, 0.717) is 12.4 Å². The van der Waals surface area contributed by atoms with Crippen molar-refractivity contribution in [2.45, 2.75) is 13.5 Å². The number of ketones is 1. The van der Waals surface area contributed by atoms with Crippen LogP contribution in [0.25, 0.3) is 11.1 Å². The highest BCUT2D eigenvalue weighted by Crippen LogP contribution is 2.32. The van der Waals surface area contributed by atoms with Gasteiger partial charge in [0.25, 0.3) is 0 Å². The molecule has 0 unspecified atom stereocenters. The quantitative estimate of drug-likeness (QED) is 0.864. The molecule has 1 aliphatic rings. The lowest BCUT2D eigenvalue weighted by Crippen LogP contribution is -2.30. The second-order valence-corrected chi connectivity index (χ2v) is 5.03. The van der Waals surface area contributed by atoms with Gasteiger partial charge in [-0.2, -0.15) is 0 Å². The van der Waals surface area contributed by atoms with Crippen molar-refractivity contribution in [3.05, 3.63) is 48.0 Å². The van der Waals surface area contributed by atoms with Gasteiger partial charge < -0.3 is 14.4 Å². The molecule has 0 radical (unpaired) electrons. The molecular weight excluding hydrogens is 267 g/mol. The molecule has 0 spiro atoms. The average molecular weight is 282 g/mol. The summed E-state index contributed by atoms with van der Waals surface area (Å²) in [6.07, 6.45) is 0. The highest BCUT2D eigenvalue weighted by atomic mass is 16.5. The predicted molar refractivity (Wildman–Crippen MR) is 80.4 cm³/mol. The zero-order chi connectivity index (χ0) is 14.8. The van der Waals surface area contributed by atoms with Crippen LogP contribution in [0.15, 0.2) is 42.5 Å². The number of fused-ring (bicyclic) bond motifs is 1. The number of hydrogen-bond donors (Lipinski definition) is 1. The second-order valence-electron chi connectivity index (χ2n) is 5.03. The minimum absolute atomic E-state index is 0.00950. The highest BCUT2D eigenvalue weighted by molar-refractivity contribution is 6.63. The van der Waals surface area contributed by atoms with E-state index in [0.717, 1.165) is 22.2 Å². The first-order valence-corrected chi connectivity index (χ1v) is 6.80. The van der Waals surface area contributed by atoms with Gasteiger partial charge >= 0.3 is 7.12 Å². The molecule has 0 aromatic heterocycles. The number of carbonyl (C=O) groups excluding carboxylic acids is 1. The van der Waals surface area contributed by atoms with Gasteiger partial charge in [0.05, 0.1) is 6.61 Å². The lowest BCUT2D eigenvalue weighted by atomic mass is 9.74. The molecule has 106 valence electrons. The van der Waals surface area contributed by atoms with Gasteiger partial charge in [-0.3, -0.25) is 4.79 Å². The van der Waals surface area contributed by atoms with E-state index in [1.165, 1.54) is 6.92 Å². The molecule has 2 aromatic carbocycles. The monoisotopic (exact) mass is 282 g/mol. The average Bonchev–Trinajstić information content (AvgIpc) is 2.87. The standard InChI is InChI=1S/C16H15BO4/c1-11(18)9-20-14-8-7-13-10-21-17(19)16(13)15(14)12-5-3-2-4-6-12/h2-8,19H,9-10H2,1H3. The number of Topliss-reactive ketones (excluding diaryl/α,β-unsaturated/α-hetero) is 1. The Kier molecular flexibility index (Phi) is 3.77. The summed E-state index contributed by atoms with van der Waals surface area (Å²) >= 11 is 0. The third-order valence-corrected chi connectivity index (χ3v) is 3.43. The Morgan fingerprint density at radius 2 is 2.05 bits per heavy atom. The maximum atomic E-state index is 11.2. The molecule has 1 N–H and O–H groups in total. The van der Waals surface area contributed by atoms with Gasteiger partial charge in [0, 0.05) is 5.56 Å². The van der Waals surface area contributed by atoms with Crippen molar-refractivity contribution in [3.8, 4) is 16.9 Å². The number of ether oxygens (including phenoxy) is 1. The van der Waals surface area contributed by atoms with Crippen LogP contribution in [0.5, 0.6) is 5.75 Å². The van der Waals surface area contributed by atoms with Crippen molar-refractivity contribution < 1.29 is 19.2 Å². The first-order valence-electron chi connectivity index (χ1n) is 6.80. The van der Waals surface area contributed by atoms with Crippen LogP contribution in [-0.4, -0.2) is 24.5 Å². The zero-order valence-corrected chi connectivity index (χ0v) is 11.7. The van der Waals surface area contributed by atoms with Crippen LogP contribution in [0.2, 0.25) is 0 Å². The zero-order valence-electron chi connectivity index (χ0n) is 11.7. The Morgan fingerprint density at radius 3 is 2.76 bits per heavy atom. The molecule has 3 rings (SSSR count). The molecule has 0 bridgehead atoms. The smallest absolute Gasteiger partial charge is 0.485 e. The van der Waals surface area contributed by atoms with E-state index in [2.05, 4.69) is 0 Å². The molecule has 1 heterocycles. The third-order valence-electron chi connectivity index (χ3n) is 3.43. The lowest BCUT2D eigenvalue weighted by molar-refractivity contribution is -0.118. The van der Waals surface area contributed by atoms with Gasteiger partial charge in [-0.25, -0.2) is 0 Å². The van der Waals surface area contributed by atoms with E-state index in [-0.39, 0.29) is 12.4 Å². The molecule has 2 aromatic rings. The van der Waals surface area contributed by atoms with Gasteiger partial charge in [-0.05, 0) is 29.6 Å². The molecular formula is C16H15BO4. The van der Waals surface area contributed by atoms with Crippen molar-refractivity contribution in [2.75, 3.05) is 6.61 Å². The normalized spacial score (nSPS) is 13.1. The van der Waals surface area contributed by atoms with Crippen LogP contribution >= 0.6 is 0 Å². The van der Waals surface area contributed by atoms with Gasteiger partial charge in [0.2, 0.25) is 0 Å². The summed E-state index contributed by atoms with van der Waals surface area (Å²) in [7, 11) is -0.962. The van der Waals surface area contributed by atoms with E-state index in [1.54, 1.807) is 0 Å². The van der Waals surface area contributed by atoms with Gasteiger partial charge in [-0.1, -0.05) is 36.4 Å². The van der Waals surface area contributed by atoms with Crippen LogP contribution in [0.3, 0.4) is 0 Å². The molecule has 5 heteroatoms. The summed E-state index contributed by atoms with van der Waals surface area (Å²) in [6.45, 7) is 1.87. The maximum absolute atomic E-state index is 11.2. The van der Waals surface area contributed by atoms with Crippen molar-refractivity contribution in [1.29, 1.82) is 0 Å². The van der Waals surface area contributed by atoms with Gasteiger partial charge in [0.15, 0.2) is 5.78 Å². The van der Waals surface area contributed by atoms with Gasteiger partial charge in [0.1, 0.15) is 12.4 Å². The van der Waals surface area contributed by atoms with Crippen LogP contribution in [0, 0.1) is 0 Å². The summed E-state index contributed by atoms with van der Waals surface area (Å²) in [6, 6.07) is 13.4. The minimum atomic E-state index is -0.962. The third kappa shape index (κ3) is 2.70. The fraction of sp³-hybridized carbons (Fsp3) is 0.188. The summed E-state index contributed by atoms with van der Waals surface area (Å²) in [5, 5.41) is 10.1. The van der Waals surface area contributed by atoms with Gasteiger partial charge in [-0.15, -0.1) is 0 Å². The lowest BCUT2D eigenvalue weighted by Gasteiger charge is -2.15. The molecule has 0 fully saturated rings. The van der Waals surface area contributed by atoms with Crippen molar-refractivity contribution in [1.82, 2.24) is 0 Å². The largest absolute Gasteiger partial charge is 0.492 e. The van der Waals surface area contributed by atoms with E-state index in [1.807, 2.05) is 42.5 Å². The van der Waals surface area contributed by atoms with Crippen LogP contribution in [0.1, 0.15) is 12.5 Å². The van der Waals surface area contributed by atoms with Crippen molar-refractivity contribution in [2.24, 2.45) is 0 Å². The molecule has 21 heavy (non-hydrogen) atoms. The Morgan fingerprint density at radius 1 is 1.29 bits per heavy atom. The molecule has 0 amide bonds. The number of hydrogen-bond acceptors (Lipinski definition) is 4. The predicted octanol–water partition coefficient (Wildman–Crippen LogP) is 1.54. The van der Waals surface area contributed by atoms with Crippen LogP contribution < -0.4 is 10.2 Å². The Hall–Kier alpha value is -2.11. The Labute approximate surface area is 123 Å². The van der Waals surface area contributed by atoms with Crippen LogP contribution in [-0.2, 0) is 16.1 Å². The van der Waals surface area contributed by atoms with E-state index in [9.17, 15) is 9.82 Å². The molecule has 0 aliphatic carbocycles. The minimum Gasteiger partial charge on any atom is -0.485 e. The summed E-state index contributed by atoms with van der Waals surface area (Å²) in [4.78, 5) is 11.2. The Bertz CT molecular complexity index is 669. The van der Waals surface area contributed by atoms with Crippen molar-refractivity contribution in [3.63, 3.8) is 0 Å². The van der Waals surface area contributed by atoms with Crippen molar-refractivity contribution >= 4 is 18.4 Å². The number of benzene rings is 2. The molecule has 0 atom stereocenters. The first-order chi connectivity index (χ1) is 10.2. The highest BCUT2D eigenvalue weighted by Gasteiger charge is 2.32. The summed E-state index contributed by atoms with van der Waals surface area (Å²) in [5.41, 5.74) is 3.38. The number of rotatable bonds is 4. The maximum Gasteiger partial charge on any atom is 0.492 e. The van der Waals surface area contributed by atoms with Crippen LogP contribution in [0.4, 0.5) is 0 Å². The van der Waals surface area contributed by atoms with E-state index in [4.69, 9.17) is 9.39 Å². The topological polar surface area (TPSA) is 55.8 Å². The molecule has 1 aliphatic heterocycles. The van der Waals surface area contributed by atoms with E-state index >= 15 is 0 Å². The summed E-state index contributed by atoms with van der Waals surface area (Å²) < 4.78 is 10.9. The molecule has 0 saturated carbocycles. The second kappa shape index (κ2) is 5.72. The number of carbonyl (C=O) groups is 1.